The highest BCUT2D eigenvalue weighted by molar-refractivity contribution is 5.89. The van der Waals surface area contributed by atoms with Crippen molar-refractivity contribution >= 4 is 11.0 Å². The summed E-state index contributed by atoms with van der Waals surface area (Å²) >= 11 is 0. The molecule has 0 saturated carbocycles. The van der Waals surface area contributed by atoms with Crippen LogP contribution >= 0.6 is 0 Å². The van der Waals surface area contributed by atoms with Gasteiger partial charge in [-0.3, -0.25) is 4.79 Å². The summed E-state index contributed by atoms with van der Waals surface area (Å²) in [5.74, 6) is -1.74. The molecule has 3 aliphatic rings. The molecule has 20 nitrogen and oxygen atoms in total. The van der Waals surface area contributed by atoms with Gasteiger partial charge in [-0.1, -0.05) is 0 Å². The van der Waals surface area contributed by atoms with Gasteiger partial charge in [0.1, 0.15) is 108 Å². The van der Waals surface area contributed by atoms with Crippen LogP contribution in [0.4, 0.5) is 0 Å². The average Bonchev–Trinajstić information content (AvgIpc) is 3.13. The van der Waals surface area contributed by atoms with Crippen LogP contribution in [-0.2, 0) is 23.7 Å². The quantitative estimate of drug-likeness (QED) is 0.0983. The number of rotatable bonds is 9. The lowest BCUT2D eigenvalue weighted by molar-refractivity contribution is -0.383. The zero-order valence-corrected chi connectivity index (χ0v) is 27.4. The molecule has 15 unspecified atom stereocenters. The first-order valence-electron chi connectivity index (χ1n) is 16.4. The van der Waals surface area contributed by atoms with Crippen LogP contribution in [0.5, 0.6) is 17.2 Å². The van der Waals surface area contributed by atoms with Gasteiger partial charge in [0.05, 0.1) is 25.4 Å². The Hall–Kier alpha value is -3.55. The molecule has 0 radical (unpaired) electrons. The van der Waals surface area contributed by atoms with E-state index in [-0.39, 0.29) is 17.1 Å². The van der Waals surface area contributed by atoms with Crippen molar-refractivity contribution in [3.05, 3.63) is 52.2 Å². The summed E-state index contributed by atoms with van der Waals surface area (Å²) in [7, 11) is 0. The van der Waals surface area contributed by atoms with Crippen LogP contribution in [0.2, 0.25) is 0 Å². The van der Waals surface area contributed by atoms with Crippen molar-refractivity contribution < 1.29 is 94.5 Å². The number of benzene rings is 2. The molecule has 3 fully saturated rings. The fourth-order valence-electron chi connectivity index (χ4n) is 6.64. The highest BCUT2D eigenvalue weighted by Gasteiger charge is 2.54. The molecule has 13 N–H and O–H groups in total. The van der Waals surface area contributed by atoms with Gasteiger partial charge in [-0.05, 0) is 24.3 Å². The molecular formula is C33H40O20. The highest BCUT2D eigenvalue weighted by Crippen LogP contribution is 2.45. The number of ether oxygens (including phenoxy) is 5. The van der Waals surface area contributed by atoms with Crippen LogP contribution in [0.25, 0.3) is 22.3 Å². The summed E-state index contributed by atoms with van der Waals surface area (Å²) in [5.41, 5.74) is -1.50. The van der Waals surface area contributed by atoms with E-state index in [2.05, 4.69) is 0 Å². The van der Waals surface area contributed by atoms with Crippen LogP contribution < -0.4 is 5.43 Å². The van der Waals surface area contributed by atoms with Gasteiger partial charge in [0.15, 0.2) is 23.6 Å². The van der Waals surface area contributed by atoms with E-state index in [9.17, 15) is 71.2 Å². The van der Waals surface area contributed by atoms with Gasteiger partial charge in [-0.2, -0.15) is 0 Å². The van der Waals surface area contributed by atoms with Gasteiger partial charge < -0.3 is 94.5 Å². The molecule has 1 aromatic heterocycles. The maximum Gasteiger partial charge on any atom is 0.197 e. The fourth-order valence-corrected chi connectivity index (χ4v) is 6.64. The van der Waals surface area contributed by atoms with E-state index in [0.717, 1.165) is 12.1 Å². The third-order valence-electron chi connectivity index (χ3n) is 9.56. The van der Waals surface area contributed by atoms with E-state index in [1.807, 2.05) is 0 Å². The van der Waals surface area contributed by atoms with Crippen molar-refractivity contribution in [2.24, 2.45) is 0 Å². The second kappa shape index (κ2) is 15.7. The zero-order chi connectivity index (χ0) is 38.5. The summed E-state index contributed by atoms with van der Waals surface area (Å²) in [5, 5.41) is 136. The van der Waals surface area contributed by atoms with Crippen LogP contribution in [0.1, 0.15) is 11.7 Å². The summed E-state index contributed by atoms with van der Waals surface area (Å²) in [4.78, 5) is 13.4. The summed E-state index contributed by atoms with van der Waals surface area (Å²) in [6, 6.07) is 7.20. The van der Waals surface area contributed by atoms with Crippen molar-refractivity contribution in [2.45, 2.75) is 91.9 Å². The van der Waals surface area contributed by atoms with Crippen molar-refractivity contribution in [2.75, 3.05) is 19.8 Å². The lowest BCUT2D eigenvalue weighted by atomic mass is 9.89. The number of aromatic hydroxyl groups is 3. The molecule has 53 heavy (non-hydrogen) atoms. The van der Waals surface area contributed by atoms with Gasteiger partial charge in [-0.15, -0.1) is 0 Å². The molecule has 292 valence electrons. The number of phenols is 3. The van der Waals surface area contributed by atoms with Crippen molar-refractivity contribution in [1.82, 2.24) is 0 Å². The van der Waals surface area contributed by atoms with Crippen LogP contribution in [0.15, 0.2) is 45.6 Å². The molecule has 0 bridgehead atoms. The molecule has 3 saturated heterocycles. The molecule has 0 amide bonds. The predicted molar refractivity (Wildman–Crippen MR) is 171 cm³/mol. The standard InChI is InChI=1S/C33H40O20/c34-7-16-22(42)25(45)30(52-33-31(26(46)23(43)18(9-36)51-33)53-32-27(47)24(44)21(41)17(8-35)50-32)29(49-16)20-13(39)5-12(38)19-14(40)6-15(48-28(19)20)10-1-3-11(37)4-2-10/h1-6,16-18,21-27,29-39,41-47H,7-9H2. The number of hydrogen-bond donors (Lipinski definition) is 13. The minimum atomic E-state index is -2.06. The largest absolute Gasteiger partial charge is 0.508 e. The van der Waals surface area contributed by atoms with Crippen molar-refractivity contribution in [3.63, 3.8) is 0 Å². The molecule has 0 spiro atoms. The van der Waals surface area contributed by atoms with E-state index in [4.69, 9.17) is 28.1 Å². The predicted octanol–water partition coefficient (Wildman–Crippen LogP) is -4.26. The average molecular weight is 757 g/mol. The molecule has 0 aliphatic carbocycles. The van der Waals surface area contributed by atoms with Gasteiger partial charge >= 0.3 is 0 Å². The van der Waals surface area contributed by atoms with Gasteiger partial charge in [0.2, 0.25) is 0 Å². The number of hydrogen-bond acceptors (Lipinski definition) is 20. The molecule has 15 atom stereocenters. The first-order chi connectivity index (χ1) is 25.2. The molecular weight excluding hydrogens is 716 g/mol. The Kier molecular flexibility index (Phi) is 11.6. The third-order valence-corrected chi connectivity index (χ3v) is 9.56. The molecule has 2 aromatic carbocycles. The summed E-state index contributed by atoms with van der Waals surface area (Å²) in [6.45, 7) is -2.67. The van der Waals surface area contributed by atoms with Crippen LogP contribution in [0.3, 0.4) is 0 Å². The lowest BCUT2D eigenvalue weighted by Gasteiger charge is -2.48. The molecule has 3 aliphatic heterocycles. The SMILES string of the molecule is O=c1cc(-c2ccc(O)cc2)oc2c(C3OC(CO)C(O)C(O)C3OC3OC(CO)C(O)C(O)C3OC3OC(CO)C(O)C(O)C3O)c(O)cc(O)c12. The topological polar surface area (TPSA) is 339 Å². The molecule has 6 rings (SSSR count). The zero-order valence-electron chi connectivity index (χ0n) is 27.4. The van der Waals surface area contributed by atoms with Crippen molar-refractivity contribution in [1.29, 1.82) is 0 Å². The number of aliphatic hydroxyl groups excluding tert-OH is 10. The van der Waals surface area contributed by atoms with Crippen LogP contribution in [0, 0.1) is 0 Å². The number of fused-ring (bicyclic) bond motifs is 1. The molecule has 20 heteroatoms. The van der Waals surface area contributed by atoms with E-state index in [1.54, 1.807) is 0 Å². The first-order valence-corrected chi connectivity index (χ1v) is 16.4. The summed E-state index contributed by atoms with van der Waals surface area (Å²) < 4.78 is 34.7. The smallest absolute Gasteiger partial charge is 0.197 e. The second-order valence-electron chi connectivity index (χ2n) is 12.9. The van der Waals surface area contributed by atoms with Gasteiger partial charge in [-0.25, -0.2) is 0 Å². The Morgan fingerprint density at radius 2 is 1.11 bits per heavy atom. The Bertz CT molecular complexity index is 1780. The maximum absolute atomic E-state index is 13.4. The Labute approximate surface area is 298 Å². The third kappa shape index (κ3) is 7.21. The van der Waals surface area contributed by atoms with E-state index in [1.165, 1.54) is 24.3 Å². The Balaban J connectivity index is 1.44. The minimum absolute atomic E-state index is 0.106. The first kappa shape index (κ1) is 39.2. The monoisotopic (exact) mass is 756 g/mol. The van der Waals surface area contributed by atoms with Gasteiger partial charge in [0.25, 0.3) is 0 Å². The lowest BCUT2D eigenvalue weighted by Crippen LogP contribution is -2.66. The number of phenolic OH excluding ortho intramolecular Hbond substituents is 3. The van der Waals surface area contributed by atoms with Gasteiger partial charge in [0, 0.05) is 17.7 Å². The minimum Gasteiger partial charge on any atom is -0.508 e. The Morgan fingerprint density at radius 3 is 1.72 bits per heavy atom. The molecule has 3 aromatic rings. The van der Waals surface area contributed by atoms with Crippen LogP contribution in [-0.4, -0.2) is 172 Å². The molecule has 4 heterocycles. The van der Waals surface area contributed by atoms with Crippen molar-refractivity contribution in [3.8, 4) is 28.6 Å². The fraction of sp³-hybridized carbons (Fsp3) is 0.545. The number of aliphatic hydroxyl groups is 10. The maximum atomic E-state index is 13.4. The van der Waals surface area contributed by atoms with E-state index >= 15 is 0 Å². The summed E-state index contributed by atoms with van der Waals surface area (Å²) in [6.07, 6.45) is -27.9. The van der Waals surface area contributed by atoms with E-state index < -0.39 is 145 Å². The Morgan fingerprint density at radius 1 is 0.585 bits per heavy atom. The van der Waals surface area contributed by atoms with E-state index in [0.29, 0.717) is 0 Å². The second-order valence-corrected chi connectivity index (χ2v) is 12.9. The highest BCUT2D eigenvalue weighted by atomic mass is 16.8. The normalized spacial score (nSPS) is 37.9.